The Bertz CT molecular complexity index is 1030. The lowest BCUT2D eigenvalue weighted by Gasteiger charge is -2.33. The van der Waals surface area contributed by atoms with Gasteiger partial charge in [-0.05, 0) is 57.6 Å². The van der Waals surface area contributed by atoms with Crippen LogP contribution in [-0.2, 0) is 14.3 Å². The third-order valence-electron chi connectivity index (χ3n) is 6.44. The number of aliphatic carboxylic acids is 1. The molecule has 6 nitrogen and oxygen atoms in total. The van der Waals surface area contributed by atoms with Crippen LogP contribution < -0.4 is 0 Å². The van der Waals surface area contributed by atoms with Gasteiger partial charge in [-0.2, -0.15) is 0 Å². The van der Waals surface area contributed by atoms with Gasteiger partial charge in [-0.15, -0.1) is 0 Å². The fourth-order valence-corrected chi connectivity index (χ4v) is 4.63. The quantitative estimate of drug-likeness (QED) is 0.355. The second-order valence-corrected chi connectivity index (χ2v) is 10.0. The van der Waals surface area contributed by atoms with Crippen molar-refractivity contribution in [1.29, 1.82) is 0 Å². The molecule has 0 aromatic heterocycles. The van der Waals surface area contributed by atoms with Gasteiger partial charge in [0.15, 0.2) is 5.54 Å². The SMILES string of the molecule is CC[C@@]1(C(=O)O)CC(=CCCCC(c2ccccc2)c2ccccc2)C(=O)N1C(=O)OC(C)(C)C. The Morgan fingerprint density at radius 3 is 2.06 bits per heavy atom. The molecule has 2 aromatic rings. The third kappa shape index (κ3) is 5.99. The average molecular weight is 478 g/mol. The van der Waals surface area contributed by atoms with E-state index in [1.165, 1.54) is 11.1 Å². The molecule has 1 aliphatic heterocycles. The zero-order valence-corrected chi connectivity index (χ0v) is 21.0. The fraction of sp³-hybridized carbons (Fsp3) is 0.414. The molecule has 6 heteroatoms. The topological polar surface area (TPSA) is 83.9 Å². The van der Waals surface area contributed by atoms with Crippen LogP contribution in [0.5, 0.6) is 0 Å². The van der Waals surface area contributed by atoms with E-state index in [1.807, 2.05) is 36.4 Å². The number of unbranched alkanes of at least 4 members (excludes halogenated alkanes) is 1. The van der Waals surface area contributed by atoms with Crippen molar-refractivity contribution in [3.8, 4) is 0 Å². The summed E-state index contributed by atoms with van der Waals surface area (Å²) in [6.45, 7) is 6.73. The van der Waals surface area contributed by atoms with E-state index in [0.717, 1.165) is 17.7 Å². The lowest BCUT2D eigenvalue weighted by Crippen LogP contribution is -2.55. The zero-order chi connectivity index (χ0) is 25.6. The number of imide groups is 1. The van der Waals surface area contributed by atoms with Crippen molar-refractivity contribution >= 4 is 18.0 Å². The highest BCUT2D eigenvalue weighted by Gasteiger charge is 2.56. The maximum absolute atomic E-state index is 13.2. The van der Waals surface area contributed by atoms with Crippen LogP contribution in [0, 0.1) is 0 Å². The number of hydrogen-bond donors (Lipinski definition) is 1. The molecule has 0 aliphatic carbocycles. The standard InChI is InChI=1S/C29H35NO5/c1-5-29(26(32)33)20-23(25(31)30(29)27(34)35-28(2,3)4)18-12-13-19-24(21-14-8-6-9-15-21)22-16-10-7-11-17-22/h6-11,14-18,24H,5,12-13,19-20H2,1-4H3,(H,32,33)/t29-/m0/s1. The van der Waals surface area contributed by atoms with Crippen LogP contribution in [0.1, 0.15) is 76.8 Å². The van der Waals surface area contributed by atoms with Crippen molar-refractivity contribution < 1.29 is 24.2 Å². The lowest BCUT2D eigenvalue weighted by atomic mass is 9.87. The molecule has 0 unspecified atom stereocenters. The van der Waals surface area contributed by atoms with Gasteiger partial charge < -0.3 is 9.84 Å². The molecule has 1 fully saturated rings. The van der Waals surface area contributed by atoms with E-state index in [4.69, 9.17) is 4.74 Å². The number of benzene rings is 2. The summed E-state index contributed by atoms with van der Waals surface area (Å²) in [4.78, 5) is 39.0. The number of hydrogen-bond acceptors (Lipinski definition) is 4. The summed E-state index contributed by atoms with van der Waals surface area (Å²) in [6.07, 6.45) is 3.27. The molecule has 3 rings (SSSR count). The second-order valence-electron chi connectivity index (χ2n) is 10.0. The molecular weight excluding hydrogens is 442 g/mol. The van der Waals surface area contributed by atoms with Gasteiger partial charge >= 0.3 is 12.1 Å². The average Bonchev–Trinajstić information content (AvgIpc) is 3.12. The summed E-state index contributed by atoms with van der Waals surface area (Å²) >= 11 is 0. The Kier molecular flexibility index (Phi) is 8.15. The number of carbonyl (C=O) groups is 3. The summed E-state index contributed by atoms with van der Waals surface area (Å²) in [5.41, 5.74) is 0.356. The normalized spacial score (nSPS) is 19.4. The van der Waals surface area contributed by atoms with Crippen LogP contribution in [0.15, 0.2) is 72.3 Å². The van der Waals surface area contributed by atoms with E-state index in [-0.39, 0.29) is 18.8 Å². The first kappa shape index (κ1) is 26.2. The molecule has 1 aliphatic rings. The summed E-state index contributed by atoms with van der Waals surface area (Å²) in [7, 11) is 0. The zero-order valence-electron chi connectivity index (χ0n) is 21.0. The van der Waals surface area contributed by atoms with Crippen molar-refractivity contribution in [3.63, 3.8) is 0 Å². The number of carboxylic acid groups (broad SMARTS) is 1. The smallest absolute Gasteiger partial charge is 0.418 e. The summed E-state index contributed by atoms with van der Waals surface area (Å²) < 4.78 is 5.38. The van der Waals surface area contributed by atoms with E-state index < -0.39 is 29.1 Å². The summed E-state index contributed by atoms with van der Waals surface area (Å²) in [5.74, 6) is -1.55. The third-order valence-corrected chi connectivity index (χ3v) is 6.44. The number of rotatable bonds is 8. The van der Waals surface area contributed by atoms with E-state index in [2.05, 4.69) is 24.3 Å². The predicted molar refractivity (Wildman–Crippen MR) is 135 cm³/mol. The molecule has 186 valence electrons. The molecule has 0 radical (unpaired) electrons. The summed E-state index contributed by atoms with van der Waals surface area (Å²) in [5, 5.41) is 9.98. The monoisotopic (exact) mass is 477 g/mol. The van der Waals surface area contributed by atoms with Crippen LogP contribution in [0.25, 0.3) is 0 Å². The molecule has 1 N–H and O–H groups in total. The highest BCUT2D eigenvalue weighted by atomic mass is 16.6. The molecule has 0 bridgehead atoms. The Morgan fingerprint density at radius 1 is 1.06 bits per heavy atom. The van der Waals surface area contributed by atoms with Crippen LogP contribution in [0.2, 0.25) is 0 Å². The van der Waals surface area contributed by atoms with Crippen LogP contribution in [0.4, 0.5) is 4.79 Å². The number of amides is 2. The minimum Gasteiger partial charge on any atom is -0.479 e. The van der Waals surface area contributed by atoms with Gasteiger partial charge in [0.2, 0.25) is 0 Å². The van der Waals surface area contributed by atoms with Crippen molar-refractivity contribution in [1.82, 2.24) is 4.90 Å². The Balaban J connectivity index is 1.77. The largest absolute Gasteiger partial charge is 0.479 e. The van der Waals surface area contributed by atoms with Crippen molar-refractivity contribution in [2.45, 2.75) is 76.9 Å². The van der Waals surface area contributed by atoms with Gasteiger partial charge in [0.05, 0.1) is 0 Å². The molecule has 35 heavy (non-hydrogen) atoms. The Labute approximate surface area is 207 Å². The highest BCUT2D eigenvalue weighted by Crippen LogP contribution is 2.39. The van der Waals surface area contributed by atoms with Crippen molar-refractivity contribution in [3.05, 3.63) is 83.4 Å². The van der Waals surface area contributed by atoms with Crippen LogP contribution in [-0.4, -0.2) is 39.1 Å². The molecular formula is C29H35NO5. The van der Waals surface area contributed by atoms with E-state index >= 15 is 0 Å². The summed E-state index contributed by atoms with van der Waals surface area (Å²) in [6, 6.07) is 20.6. The molecule has 1 heterocycles. The molecule has 2 amide bonds. The van der Waals surface area contributed by atoms with E-state index in [1.54, 1.807) is 33.8 Å². The molecule has 2 aromatic carbocycles. The minimum absolute atomic E-state index is 0.0162. The molecule has 1 saturated heterocycles. The predicted octanol–water partition coefficient (Wildman–Crippen LogP) is 6.32. The van der Waals surface area contributed by atoms with Crippen LogP contribution >= 0.6 is 0 Å². The first-order valence-corrected chi connectivity index (χ1v) is 12.2. The molecule has 0 saturated carbocycles. The number of allylic oxidation sites excluding steroid dienone is 1. The minimum atomic E-state index is -1.62. The first-order chi connectivity index (χ1) is 16.6. The van der Waals surface area contributed by atoms with Gasteiger partial charge in [-0.1, -0.05) is 73.7 Å². The van der Waals surface area contributed by atoms with E-state index in [0.29, 0.717) is 12.0 Å². The van der Waals surface area contributed by atoms with E-state index in [9.17, 15) is 19.5 Å². The van der Waals surface area contributed by atoms with Gasteiger partial charge in [-0.3, -0.25) is 4.79 Å². The van der Waals surface area contributed by atoms with Gasteiger partial charge in [-0.25, -0.2) is 14.5 Å². The maximum atomic E-state index is 13.2. The Morgan fingerprint density at radius 2 is 1.60 bits per heavy atom. The van der Waals surface area contributed by atoms with Gasteiger partial charge in [0.1, 0.15) is 5.60 Å². The fourth-order valence-electron chi connectivity index (χ4n) is 4.63. The highest BCUT2D eigenvalue weighted by molar-refractivity contribution is 6.10. The van der Waals surface area contributed by atoms with Gasteiger partial charge in [0.25, 0.3) is 5.91 Å². The number of carboxylic acids is 1. The first-order valence-electron chi connectivity index (χ1n) is 12.2. The van der Waals surface area contributed by atoms with Crippen molar-refractivity contribution in [2.24, 2.45) is 0 Å². The number of carbonyl (C=O) groups excluding carboxylic acids is 2. The molecule has 1 atom stereocenters. The maximum Gasteiger partial charge on any atom is 0.418 e. The number of ether oxygens (including phenoxy) is 1. The molecule has 0 spiro atoms. The second kappa shape index (κ2) is 10.9. The number of nitrogens with zero attached hydrogens (tertiary/aromatic N) is 1. The lowest BCUT2D eigenvalue weighted by molar-refractivity contribution is -0.153. The van der Waals surface area contributed by atoms with Crippen LogP contribution in [0.3, 0.4) is 0 Å². The van der Waals surface area contributed by atoms with Crippen molar-refractivity contribution in [2.75, 3.05) is 0 Å². The number of likely N-dealkylation sites (tertiary alicyclic amines) is 1. The van der Waals surface area contributed by atoms with Gasteiger partial charge in [0, 0.05) is 17.9 Å². The Hall–Kier alpha value is -3.41.